The molecule has 0 radical (unpaired) electrons. The summed E-state index contributed by atoms with van der Waals surface area (Å²) in [6.07, 6.45) is 8.39. The number of hydrogen-bond donors (Lipinski definition) is 1. The molecule has 2 aromatic heterocycles. The Hall–Kier alpha value is -3.88. The fourth-order valence-corrected chi connectivity index (χ4v) is 5.70. The summed E-state index contributed by atoms with van der Waals surface area (Å²) >= 11 is 7.07. The molecule has 1 saturated carbocycles. The zero-order chi connectivity index (χ0) is 26.9. The summed E-state index contributed by atoms with van der Waals surface area (Å²) in [6.45, 7) is 2.00. The highest BCUT2D eigenvalue weighted by Gasteiger charge is 2.32. The fraction of sp³-hybridized carbons (Fsp3) is 0.300. The van der Waals surface area contributed by atoms with Crippen molar-refractivity contribution in [3.05, 3.63) is 78.2 Å². The molecule has 8 nitrogen and oxygen atoms in total. The summed E-state index contributed by atoms with van der Waals surface area (Å²) in [5.74, 6) is 1.88. The van der Waals surface area contributed by atoms with Crippen molar-refractivity contribution in [2.75, 3.05) is 32.4 Å². The van der Waals surface area contributed by atoms with Gasteiger partial charge in [-0.05, 0) is 56.1 Å². The number of rotatable bonds is 8. The Labute approximate surface area is 232 Å². The van der Waals surface area contributed by atoms with Gasteiger partial charge in [-0.25, -0.2) is 9.97 Å². The van der Waals surface area contributed by atoms with Crippen LogP contribution in [0.3, 0.4) is 0 Å². The second-order valence-electron chi connectivity index (χ2n) is 10.2. The average Bonchev–Trinajstić information content (AvgIpc) is 3.61. The van der Waals surface area contributed by atoms with E-state index in [1.54, 1.807) is 6.08 Å². The molecule has 4 aromatic rings. The van der Waals surface area contributed by atoms with E-state index >= 15 is 0 Å². The predicted octanol–water partition coefficient (Wildman–Crippen LogP) is 5.55. The molecular formula is C30H31ClN6O2. The largest absolute Gasteiger partial charge is 0.457 e. The standard InChI is InChI=1S/C30H31ClN6O2/c1-35(21-11-12-21)16-5-8-25(38)36-17-15-22(18-36)37-28(31)26(27-29(32)33-19-34-30(27)37)20-9-13-24(14-10-20)39-23-6-3-2-4-7-23/h2-10,13-14,19,21-22H,11-12,15-18H2,1H3,(H2,32,33,34)/b8-5+/t22-/m1/s1. The number of ether oxygens (including phenoxy) is 1. The first kappa shape index (κ1) is 25.4. The summed E-state index contributed by atoms with van der Waals surface area (Å²) in [5.41, 5.74) is 8.71. The van der Waals surface area contributed by atoms with Crippen molar-refractivity contribution in [1.29, 1.82) is 0 Å². The average molecular weight is 543 g/mol. The van der Waals surface area contributed by atoms with Gasteiger partial charge in [-0.15, -0.1) is 0 Å². The van der Waals surface area contributed by atoms with Gasteiger partial charge in [0.25, 0.3) is 0 Å². The molecule has 2 aliphatic rings. The van der Waals surface area contributed by atoms with Crippen LogP contribution in [-0.2, 0) is 4.79 Å². The molecule has 3 heterocycles. The Kier molecular flexibility index (Phi) is 6.97. The highest BCUT2D eigenvalue weighted by Crippen LogP contribution is 2.43. The van der Waals surface area contributed by atoms with E-state index in [1.807, 2.05) is 70.1 Å². The Morgan fingerprint density at radius 3 is 2.59 bits per heavy atom. The van der Waals surface area contributed by atoms with E-state index in [9.17, 15) is 4.79 Å². The maximum atomic E-state index is 12.9. The van der Waals surface area contributed by atoms with Crippen LogP contribution in [0.15, 0.2) is 73.1 Å². The lowest BCUT2D eigenvalue weighted by Gasteiger charge is -2.17. The molecule has 2 N–H and O–H groups in total. The van der Waals surface area contributed by atoms with Crippen LogP contribution in [0.25, 0.3) is 22.2 Å². The Bertz CT molecular complexity index is 1510. The van der Waals surface area contributed by atoms with Gasteiger partial charge in [0.15, 0.2) is 0 Å². The normalized spacial score (nSPS) is 17.5. The number of benzene rings is 2. The van der Waals surface area contributed by atoms with Crippen molar-refractivity contribution in [1.82, 2.24) is 24.3 Å². The van der Waals surface area contributed by atoms with Gasteiger partial charge >= 0.3 is 0 Å². The lowest BCUT2D eigenvalue weighted by atomic mass is 10.1. The number of nitrogen functional groups attached to an aromatic ring is 1. The molecule has 2 aromatic carbocycles. The Balaban J connectivity index is 1.25. The van der Waals surface area contributed by atoms with Gasteiger partial charge in [0.05, 0.1) is 11.4 Å². The van der Waals surface area contributed by atoms with Gasteiger partial charge in [0, 0.05) is 37.3 Å². The first-order valence-corrected chi connectivity index (χ1v) is 13.7. The lowest BCUT2D eigenvalue weighted by Crippen LogP contribution is -2.28. The van der Waals surface area contributed by atoms with E-state index in [4.69, 9.17) is 22.1 Å². The molecule has 1 saturated heterocycles. The van der Waals surface area contributed by atoms with Crippen LogP contribution in [0.1, 0.15) is 25.3 Å². The predicted molar refractivity (Wildman–Crippen MR) is 154 cm³/mol. The number of nitrogens with two attached hydrogens (primary N) is 1. The number of likely N-dealkylation sites (N-methyl/N-ethyl adjacent to an activating group) is 1. The summed E-state index contributed by atoms with van der Waals surface area (Å²) in [7, 11) is 2.10. The summed E-state index contributed by atoms with van der Waals surface area (Å²) in [6, 6.07) is 18.0. The third-order valence-corrected chi connectivity index (χ3v) is 7.91. The number of carbonyl (C=O) groups excluding carboxylic acids is 1. The quantitative estimate of drug-likeness (QED) is 0.294. The number of halogens is 1. The second kappa shape index (κ2) is 10.7. The maximum Gasteiger partial charge on any atom is 0.246 e. The zero-order valence-electron chi connectivity index (χ0n) is 21.8. The lowest BCUT2D eigenvalue weighted by molar-refractivity contribution is -0.125. The molecule has 1 aliphatic heterocycles. The van der Waals surface area contributed by atoms with Gasteiger partial charge in [0.1, 0.15) is 34.4 Å². The molecule has 2 fully saturated rings. The number of likely N-dealkylation sites (tertiary alicyclic amines) is 1. The summed E-state index contributed by atoms with van der Waals surface area (Å²) in [4.78, 5) is 25.9. The van der Waals surface area contributed by atoms with Gasteiger partial charge in [-0.1, -0.05) is 48.0 Å². The zero-order valence-corrected chi connectivity index (χ0v) is 22.6. The smallest absolute Gasteiger partial charge is 0.246 e. The molecule has 0 bridgehead atoms. The number of hydrogen-bond acceptors (Lipinski definition) is 6. The molecular weight excluding hydrogens is 512 g/mol. The number of para-hydroxylation sites is 1. The number of amides is 1. The molecule has 1 atom stereocenters. The third-order valence-electron chi connectivity index (χ3n) is 7.54. The third kappa shape index (κ3) is 5.22. The van der Waals surface area contributed by atoms with E-state index < -0.39 is 0 Å². The Morgan fingerprint density at radius 1 is 1.10 bits per heavy atom. The first-order valence-electron chi connectivity index (χ1n) is 13.3. The van der Waals surface area contributed by atoms with Gasteiger partial charge < -0.3 is 19.9 Å². The molecule has 1 amide bonds. The summed E-state index contributed by atoms with van der Waals surface area (Å²) < 4.78 is 7.96. The first-order chi connectivity index (χ1) is 19.0. The van der Waals surface area contributed by atoms with Crippen LogP contribution in [0.2, 0.25) is 5.15 Å². The number of nitrogens with zero attached hydrogens (tertiary/aromatic N) is 5. The number of aromatic nitrogens is 3. The van der Waals surface area contributed by atoms with Crippen LogP contribution in [0.4, 0.5) is 5.82 Å². The van der Waals surface area contributed by atoms with Crippen molar-refractivity contribution in [2.24, 2.45) is 0 Å². The Morgan fingerprint density at radius 2 is 1.85 bits per heavy atom. The van der Waals surface area contributed by atoms with Crippen LogP contribution >= 0.6 is 11.6 Å². The SMILES string of the molecule is CN(C/C=C/C(=O)N1CC[C@@H](n2c(Cl)c(-c3ccc(Oc4ccccc4)cc3)c3c(N)ncnc32)C1)C1CC1. The van der Waals surface area contributed by atoms with Crippen molar-refractivity contribution < 1.29 is 9.53 Å². The molecule has 0 spiro atoms. The van der Waals surface area contributed by atoms with Crippen molar-refractivity contribution in [3.8, 4) is 22.6 Å². The van der Waals surface area contributed by atoms with E-state index in [1.165, 1.54) is 19.2 Å². The fourth-order valence-electron chi connectivity index (χ4n) is 5.28. The van der Waals surface area contributed by atoms with Crippen molar-refractivity contribution in [3.63, 3.8) is 0 Å². The molecule has 6 rings (SSSR count). The topological polar surface area (TPSA) is 89.5 Å². The molecule has 1 aliphatic carbocycles. The number of anilines is 1. The van der Waals surface area contributed by atoms with Gasteiger partial charge in [0.2, 0.25) is 5.91 Å². The second-order valence-corrected chi connectivity index (χ2v) is 10.6. The molecule has 200 valence electrons. The molecule has 39 heavy (non-hydrogen) atoms. The van der Waals surface area contributed by atoms with Crippen LogP contribution in [0, 0.1) is 0 Å². The minimum absolute atomic E-state index is 0.0183. The van der Waals surface area contributed by atoms with E-state index in [-0.39, 0.29) is 11.9 Å². The van der Waals surface area contributed by atoms with E-state index in [0.29, 0.717) is 41.1 Å². The van der Waals surface area contributed by atoms with Gasteiger partial charge in [-0.2, -0.15) is 0 Å². The summed E-state index contributed by atoms with van der Waals surface area (Å²) in [5, 5.41) is 1.25. The molecule has 0 unspecified atom stereocenters. The van der Waals surface area contributed by atoms with E-state index in [0.717, 1.165) is 35.6 Å². The highest BCUT2D eigenvalue weighted by atomic mass is 35.5. The minimum atomic E-state index is -0.0183. The molecule has 9 heteroatoms. The van der Waals surface area contributed by atoms with Crippen molar-refractivity contribution >= 4 is 34.4 Å². The van der Waals surface area contributed by atoms with Crippen LogP contribution in [-0.4, -0.2) is 63.0 Å². The highest BCUT2D eigenvalue weighted by molar-refractivity contribution is 6.35. The van der Waals surface area contributed by atoms with E-state index in [2.05, 4.69) is 21.9 Å². The van der Waals surface area contributed by atoms with Gasteiger partial charge in [-0.3, -0.25) is 9.69 Å². The van der Waals surface area contributed by atoms with Crippen LogP contribution in [0.5, 0.6) is 11.5 Å². The van der Waals surface area contributed by atoms with Crippen molar-refractivity contribution in [2.45, 2.75) is 31.3 Å². The number of fused-ring (bicyclic) bond motifs is 1. The monoisotopic (exact) mass is 542 g/mol. The minimum Gasteiger partial charge on any atom is -0.457 e. The number of carbonyl (C=O) groups is 1. The van der Waals surface area contributed by atoms with Crippen LogP contribution < -0.4 is 10.5 Å². The maximum absolute atomic E-state index is 12.9.